The van der Waals surface area contributed by atoms with Crippen LogP contribution >= 0.6 is 0 Å². The first-order chi connectivity index (χ1) is 7.25. The quantitative estimate of drug-likeness (QED) is 0.773. The molecule has 0 aliphatic carbocycles. The topological polar surface area (TPSA) is 54.3 Å². The van der Waals surface area contributed by atoms with Crippen molar-refractivity contribution in [1.29, 1.82) is 0 Å². The molecule has 1 atom stereocenters. The minimum Gasteiger partial charge on any atom is -0.465 e. The van der Waals surface area contributed by atoms with Crippen LogP contribution in [0.15, 0.2) is 16.5 Å². The molecule has 1 aliphatic rings. The molecule has 1 aliphatic heterocycles. The molecular weight excluding hydrogens is 192 g/mol. The number of furan rings is 1. The summed E-state index contributed by atoms with van der Waals surface area (Å²) < 4.78 is 5.37. The molecule has 1 aromatic rings. The summed E-state index contributed by atoms with van der Waals surface area (Å²) in [6.45, 7) is 4.12. The number of nitrogens with one attached hydrogen (secondary N) is 2. The molecule has 1 fully saturated rings. The van der Waals surface area contributed by atoms with Crippen molar-refractivity contribution in [3.63, 3.8) is 0 Å². The molecule has 1 unspecified atom stereocenters. The Morgan fingerprint density at radius 2 is 2.53 bits per heavy atom. The SMILES string of the molecule is Cc1ccc(CNC(=O)C2CCNC2)o1. The number of carbonyl (C=O) groups excluding carboxylic acids is 1. The summed E-state index contributed by atoms with van der Waals surface area (Å²) in [7, 11) is 0. The summed E-state index contributed by atoms with van der Waals surface area (Å²) in [6, 6.07) is 3.79. The van der Waals surface area contributed by atoms with Gasteiger partial charge in [0.1, 0.15) is 11.5 Å². The maximum atomic E-state index is 11.6. The first-order valence-corrected chi connectivity index (χ1v) is 5.29. The molecule has 1 amide bonds. The summed E-state index contributed by atoms with van der Waals surface area (Å²) in [5.74, 6) is 1.93. The van der Waals surface area contributed by atoms with Gasteiger partial charge in [-0.2, -0.15) is 0 Å². The van der Waals surface area contributed by atoms with Crippen molar-refractivity contribution in [3.8, 4) is 0 Å². The summed E-state index contributed by atoms with van der Waals surface area (Å²) >= 11 is 0. The molecule has 1 saturated heterocycles. The number of amides is 1. The number of aryl methyl sites for hydroxylation is 1. The third-order valence-corrected chi connectivity index (χ3v) is 2.66. The van der Waals surface area contributed by atoms with Crippen LogP contribution in [-0.4, -0.2) is 19.0 Å². The van der Waals surface area contributed by atoms with Gasteiger partial charge in [-0.25, -0.2) is 0 Å². The van der Waals surface area contributed by atoms with Gasteiger partial charge in [-0.3, -0.25) is 4.79 Å². The van der Waals surface area contributed by atoms with Gasteiger partial charge in [0.05, 0.1) is 12.5 Å². The normalized spacial score (nSPS) is 20.5. The van der Waals surface area contributed by atoms with E-state index in [4.69, 9.17) is 4.42 Å². The van der Waals surface area contributed by atoms with E-state index in [-0.39, 0.29) is 11.8 Å². The number of carbonyl (C=O) groups is 1. The summed E-state index contributed by atoms with van der Waals surface area (Å²) in [5, 5.41) is 6.05. The maximum Gasteiger partial charge on any atom is 0.224 e. The lowest BCUT2D eigenvalue weighted by atomic mass is 10.1. The van der Waals surface area contributed by atoms with Crippen LogP contribution in [0, 0.1) is 12.8 Å². The lowest BCUT2D eigenvalue weighted by molar-refractivity contribution is -0.124. The predicted molar refractivity (Wildman–Crippen MR) is 56.3 cm³/mol. The average Bonchev–Trinajstić information content (AvgIpc) is 2.84. The molecule has 0 spiro atoms. The monoisotopic (exact) mass is 208 g/mol. The lowest BCUT2D eigenvalue weighted by Crippen LogP contribution is -2.31. The van der Waals surface area contributed by atoms with E-state index in [1.54, 1.807) is 0 Å². The van der Waals surface area contributed by atoms with Gasteiger partial charge in [-0.15, -0.1) is 0 Å². The Kier molecular flexibility index (Phi) is 3.06. The molecule has 82 valence electrons. The van der Waals surface area contributed by atoms with Gasteiger partial charge in [0.2, 0.25) is 5.91 Å². The van der Waals surface area contributed by atoms with Crippen molar-refractivity contribution in [3.05, 3.63) is 23.7 Å². The molecule has 0 aromatic carbocycles. The van der Waals surface area contributed by atoms with Crippen LogP contribution in [0.25, 0.3) is 0 Å². The number of hydrogen-bond donors (Lipinski definition) is 2. The number of hydrogen-bond acceptors (Lipinski definition) is 3. The van der Waals surface area contributed by atoms with Crippen molar-refractivity contribution < 1.29 is 9.21 Å². The Hall–Kier alpha value is -1.29. The first kappa shape index (κ1) is 10.2. The third-order valence-electron chi connectivity index (χ3n) is 2.66. The largest absolute Gasteiger partial charge is 0.465 e. The molecule has 0 saturated carbocycles. The molecule has 4 heteroatoms. The minimum absolute atomic E-state index is 0.119. The zero-order valence-corrected chi connectivity index (χ0v) is 8.88. The van der Waals surface area contributed by atoms with E-state index >= 15 is 0 Å². The van der Waals surface area contributed by atoms with Gasteiger partial charge in [0.25, 0.3) is 0 Å². The first-order valence-electron chi connectivity index (χ1n) is 5.29. The zero-order valence-electron chi connectivity index (χ0n) is 8.88. The van der Waals surface area contributed by atoms with Crippen molar-refractivity contribution in [2.75, 3.05) is 13.1 Å². The van der Waals surface area contributed by atoms with E-state index in [0.29, 0.717) is 6.54 Å². The van der Waals surface area contributed by atoms with E-state index < -0.39 is 0 Å². The summed E-state index contributed by atoms with van der Waals surface area (Å²) in [4.78, 5) is 11.6. The van der Waals surface area contributed by atoms with Gasteiger partial charge in [0, 0.05) is 6.54 Å². The number of rotatable bonds is 3. The van der Waals surface area contributed by atoms with E-state index in [9.17, 15) is 4.79 Å². The lowest BCUT2D eigenvalue weighted by Gasteiger charge is -2.08. The summed E-state index contributed by atoms with van der Waals surface area (Å²) in [5.41, 5.74) is 0. The van der Waals surface area contributed by atoms with Crippen molar-refractivity contribution in [1.82, 2.24) is 10.6 Å². The van der Waals surface area contributed by atoms with E-state index in [1.165, 1.54) is 0 Å². The molecule has 15 heavy (non-hydrogen) atoms. The van der Waals surface area contributed by atoms with Gasteiger partial charge in [0.15, 0.2) is 0 Å². The Morgan fingerprint density at radius 1 is 1.67 bits per heavy atom. The fraction of sp³-hybridized carbons (Fsp3) is 0.545. The predicted octanol–water partition coefficient (Wildman–Crippen LogP) is 0.814. The van der Waals surface area contributed by atoms with Crippen molar-refractivity contribution >= 4 is 5.91 Å². The Bertz CT molecular complexity index is 340. The molecule has 4 nitrogen and oxygen atoms in total. The molecule has 1 aromatic heterocycles. The van der Waals surface area contributed by atoms with Crippen LogP contribution in [0.5, 0.6) is 0 Å². The highest BCUT2D eigenvalue weighted by atomic mass is 16.3. The second-order valence-corrected chi connectivity index (χ2v) is 3.92. The van der Waals surface area contributed by atoms with E-state index in [0.717, 1.165) is 31.0 Å². The molecule has 2 N–H and O–H groups in total. The van der Waals surface area contributed by atoms with Crippen LogP contribution in [0.3, 0.4) is 0 Å². The highest BCUT2D eigenvalue weighted by Crippen LogP contribution is 2.09. The van der Waals surface area contributed by atoms with Crippen LogP contribution in [0.4, 0.5) is 0 Å². The molecular formula is C11H16N2O2. The fourth-order valence-corrected chi connectivity index (χ4v) is 1.78. The molecule has 2 rings (SSSR count). The van der Waals surface area contributed by atoms with Crippen molar-refractivity contribution in [2.24, 2.45) is 5.92 Å². The zero-order chi connectivity index (χ0) is 10.7. The van der Waals surface area contributed by atoms with Crippen molar-refractivity contribution in [2.45, 2.75) is 19.9 Å². The van der Waals surface area contributed by atoms with Gasteiger partial charge in [-0.05, 0) is 32.0 Å². The highest BCUT2D eigenvalue weighted by Gasteiger charge is 2.21. The highest BCUT2D eigenvalue weighted by molar-refractivity contribution is 5.79. The minimum atomic E-state index is 0.119. The van der Waals surface area contributed by atoms with Crippen LogP contribution in [0.1, 0.15) is 17.9 Å². The fourth-order valence-electron chi connectivity index (χ4n) is 1.78. The maximum absolute atomic E-state index is 11.6. The van der Waals surface area contributed by atoms with E-state index in [1.807, 2.05) is 19.1 Å². The third kappa shape index (κ3) is 2.59. The van der Waals surface area contributed by atoms with E-state index in [2.05, 4.69) is 10.6 Å². The smallest absolute Gasteiger partial charge is 0.224 e. The van der Waals surface area contributed by atoms with Gasteiger partial charge in [-0.1, -0.05) is 0 Å². The molecule has 2 heterocycles. The Morgan fingerprint density at radius 3 is 3.13 bits per heavy atom. The van der Waals surface area contributed by atoms with Crippen LogP contribution in [-0.2, 0) is 11.3 Å². The Labute approximate surface area is 89.0 Å². The van der Waals surface area contributed by atoms with Crippen LogP contribution < -0.4 is 10.6 Å². The second kappa shape index (κ2) is 4.49. The van der Waals surface area contributed by atoms with Gasteiger partial charge >= 0.3 is 0 Å². The molecule has 0 radical (unpaired) electrons. The molecule has 0 bridgehead atoms. The Balaban J connectivity index is 1.80. The van der Waals surface area contributed by atoms with Gasteiger partial charge < -0.3 is 15.1 Å². The second-order valence-electron chi connectivity index (χ2n) is 3.92. The van der Waals surface area contributed by atoms with Crippen LogP contribution in [0.2, 0.25) is 0 Å². The average molecular weight is 208 g/mol. The standard InChI is InChI=1S/C11H16N2O2/c1-8-2-3-10(15-8)7-13-11(14)9-4-5-12-6-9/h2-3,9,12H,4-7H2,1H3,(H,13,14). The summed E-state index contributed by atoms with van der Waals surface area (Å²) in [6.07, 6.45) is 0.934.